The number of carbonyl (C=O) groups is 4. The van der Waals surface area contributed by atoms with Gasteiger partial charge < -0.3 is 30.5 Å². The number of nitrogens with two attached hydrogens (primary N) is 1. The van der Waals surface area contributed by atoms with Gasteiger partial charge in [-0.3, -0.25) is 28.9 Å². The molecular formula is C43H44ClFN10O5. The van der Waals surface area contributed by atoms with Crippen LogP contribution in [0.2, 0.25) is 5.02 Å². The zero-order valence-corrected chi connectivity index (χ0v) is 33.6. The van der Waals surface area contributed by atoms with E-state index >= 15 is 4.39 Å². The lowest BCUT2D eigenvalue weighted by atomic mass is 9.72. The summed E-state index contributed by atoms with van der Waals surface area (Å²) < 4.78 is 23.7. The number of imide groups is 1. The van der Waals surface area contributed by atoms with Gasteiger partial charge in [-0.05, 0) is 105 Å². The second kappa shape index (κ2) is 16.1. The quantitative estimate of drug-likeness (QED) is 0.109. The first-order chi connectivity index (χ1) is 29.0. The van der Waals surface area contributed by atoms with E-state index in [1.54, 1.807) is 41.6 Å². The van der Waals surface area contributed by atoms with Crippen molar-refractivity contribution in [3.63, 3.8) is 0 Å². The smallest absolute Gasteiger partial charge is 0.256 e. The maximum atomic E-state index is 15.8. The summed E-state index contributed by atoms with van der Waals surface area (Å²) in [7, 11) is 0. The normalized spacial score (nSPS) is 18.8. The number of fused-ring (bicyclic) bond motifs is 2. The van der Waals surface area contributed by atoms with E-state index in [2.05, 4.69) is 30.4 Å². The molecule has 4 amide bonds. The molecule has 1 atom stereocenters. The average Bonchev–Trinajstić information content (AvgIpc) is 3.76. The number of likely N-dealkylation sites (tertiary alicyclic amines) is 1. The van der Waals surface area contributed by atoms with E-state index in [4.69, 9.17) is 27.1 Å². The van der Waals surface area contributed by atoms with Crippen molar-refractivity contribution in [2.75, 3.05) is 55.3 Å². The molecule has 7 heterocycles. The van der Waals surface area contributed by atoms with Crippen LogP contribution in [0.3, 0.4) is 0 Å². The average molecular weight is 835 g/mol. The van der Waals surface area contributed by atoms with Gasteiger partial charge in [0.15, 0.2) is 0 Å². The number of carbonyl (C=O) groups excluding carboxylic acids is 4. The molecule has 4 N–H and O–H groups in total. The Morgan fingerprint density at radius 1 is 1.00 bits per heavy atom. The summed E-state index contributed by atoms with van der Waals surface area (Å²) in [6, 6.07) is 12.2. The van der Waals surface area contributed by atoms with Crippen LogP contribution in [0, 0.1) is 11.2 Å². The zero-order valence-electron chi connectivity index (χ0n) is 32.8. The molecular weight excluding hydrogens is 791 g/mol. The predicted octanol–water partition coefficient (Wildman–Crippen LogP) is 5.33. The van der Waals surface area contributed by atoms with Crippen molar-refractivity contribution < 1.29 is 28.3 Å². The fraction of sp³-hybridized carbons (Fsp3) is 0.372. The zero-order chi connectivity index (χ0) is 41.5. The molecule has 5 aromatic rings. The summed E-state index contributed by atoms with van der Waals surface area (Å²) in [6.45, 7) is 5.66. The molecule has 0 aliphatic carbocycles. The Labute approximate surface area is 350 Å². The third kappa shape index (κ3) is 7.72. The molecule has 4 aliphatic heterocycles. The second-order valence-corrected chi connectivity index (χ2v) is 16.6. The van der Waals surface area contributed by atoms with Crippen molar-refractivity contribution in [2.45, 2.75) is 57.5 Å². The number of halogens is 2. The standard InChI is InChI=1S/C43H44ClFN10O5/c44-28-10-13-47-34(22-28)49-39(57)26-4-6-31(32(45)21-26)36-37-38(46)48-14-18-54(37)42(51-36)53-16-11-43(12-17-53)24-52(25-43)15-2-1-3-19-60-29-5-7-30-27(20-29)23-55(41(30)59)33-8-9-35(56)50-40(33)58/h4-7,10,13-14,18,20-22,33H,1-3,8-9,11-12,15-17,19,23-25H2,(H2,46,48)(H,47,49,57)(H,50,56,58). The first-order valence-corrected chi connectivity index (χ1v) is 20.6. The minimum atomic E-state index is -0.634. The number of ether oxygens (including phenoxy) is 1. The minimum Gasteiger partial charge on any atom is -0.494 e. The first-order valence-electron chi connectivity index (χ1n) is 20.3. The number of benzene rings is 2. The van der Waals surface area contributed by atoms with Gasteiger partial charge in [0, 0.05) is 79.4 Å². The van der Waals surface area contributed by atoms with Gasteiger partial charge in [0.05, 0.1) is 6.61 Å². The molecule has 9 rings (SSSR count). The number of anilines is 3. The Balaban J connectivity index is 0.739. The van der Waals surface area contributed by atoms with Gasteiger partial charge in [-0.15, -0.1) is 0 Å². The van der Waals surface area contributed by atoms with Crippen LogP contribution in [0.4, 0.5) is 22.0 Å². The summed E-state index contributed by atoms with van der Waals surface area (Å²) in [5.74, 6) is -0.168. The van der Waals surface area contributed by atoms with Crippen LogP contribution < -0.4 is 26.0 Å². The topological polar surface area (TPSA) is 180 Å². The number of imidazole rings is 1. The highest BCUT2D eigenvalue weighted by Crippen LogP contribution is 2.42. The lowest BCUT2D eigenvalue weighted by molar-refractivity contribution is -0.136. The molecule has 4 aliphatic rings. The number of nitrogens with zero attached hydrogens (tertiary/aromatic N) is 7. The van der Waals surface area contributed by atoms with Gasteiger partial charge in [-0.2, -0.15) is 0 Å². The van der Waals surface area contributed by atoms with Gasteiger partial charge in [0.25, 0.3) is 11.8 Å². The molecule has 0 radical (unpaired) electrons. The maximum Gasteiger partial charge on any atom is 0.256 e. The number of aromatic nitrogens is 4. The van der Waals surface area contributed by atoms with Crippen molar-refractivity contribution in [1.82, 2.24) is 34.5 Å². The summed E-state index contributed by atoms with van der Waals surface area (Å²) in [5, 5.41) is 5.40. The van der Waals surface area contributed by atoms with Gasteiger partial charge >= 0.3 is 0 Å². The molecule has 17 heteroatoms. The Morgan fingerprint density at radius 3 is 2.60 bits per heavy atom. The monoisotopic (exact) mass is 834 g/mol. The summed E-state index contributed by atoms with van der Waals surface area (Å²) in [4.78, 5) is 69.4. The molecule has 15 nitrogen and oxygen atoms in total. The fourth-order valence-corrected chi connectivity index (χ4v) is 9.13. The van der Waals surface area contributed by atoms with E-state index in [-0.39, 0.29) is 46.4 Å². The van der Waals surface area contributed by atoms with Gasteiger partial charge in [0.2, 0.25) is 17.8 Å². The number of piperidine rings is 2. The Kier molecular flexibility index (Phi) is 10.6. The summed E-state index contributed by atoms with van der Waals surface area (Å²) in [5.41, 5.74) is 9.24. The van der Waals surface area contributed by atoms with Crippen LogP contribution in [-0.4, -0.2) is 98.2 Å². The number of nitrogens with one attached hydrogen (secondary N) is 2. The third-order valence-corrected chi connectivity index (χ3v) is 12.4. The summed E-state index contributed by atoms with van der Waals surface area (Å²) >= 11 is 6.01. The molecule has 310 valence electrons. The van der Waals surface area contributed by atoms with E-state index in [1.165, 1.54) is 24.4 Å². The van der Waals surface area contributed by atoms with Gasteiger partial charge in [-0.1, -0.05) is 11.6 Å². The predicted molar refractivity (Wildman–Crippen MR) is 222 cm³/mol. The molecule has 60 heavy (non-hydrogen) atoms. The van der Waals surface area contributed by atoms with Crippen molar-refractivity contribution in [1.29, 1.82) is 0 Å². The van der Waals surface area contributed by atoms with Crippen LogP contribution in [0.1, 0.15) is 71.2 Å². The van der Waals surface area contributed by atoms with Crippen LogP contribution in [-0.2, 0) is 16.1 Å². The number of hydrogen-bond donors (Lipinski definition) is 3. The maximum absolute atomic E-state index is 15.8. The van der Waals surface area contributed by atoms with E-state index in [0.29, 0.717) is 53.1 Å². The number of rotatable bonds is 12. The third-order valence-electron chi connectivity index (χ3n) is 12.1. The van der Waals surface area contributed by atoms with Crippen LogP contribution >= 0.6 is 11.6 Å². The van der Waals surface area contributed by atoms with E-state index in [0.717, 1.165) is 70.4 Å². The Morgan fingerprint density at radius 2 is 1.82 bits per heavy atom. The highest BCUT2D eigenvalue weighted by molar-refractivity contribution is 6.30. The van der Waals surface area contributed by atoms with Crippen molar-refractivity contribution in [2.24, 2.45) is 5.41 Å². The molecule has 2 aromatic carbocycles. The highest BCUT2D eigenvalue weighted by Gasteiger charge is 2.45. The SMILES string of the molecule is Nc1nccn2c(N3CCC4(CC3)CN(CCCCCOc3ccc5c(c3)CN(C3CCC(=O)NC3=O)C5=O)C4)nc(-c3ccc(C(=O)Nc4cc(Cl)ccn4)cc3F)c12. The van der Waals surface area contributed by atoms with Crippen molar-refractivity contribution in [3.8, 4) is 17.0 Å². The van der Waals surface area contributed by atoms with Crippen LogP contribution in [0.25, 0.3) is 16.8 Å². The number of nitrogen functional groups attached to an aromatic ring is 1. The molecule has 1 spiro atoms. The molecule has 3 aromatic heterocycles. The lowest BCUT2D eigenvalue weighted by Crippen LogP contribution is -2.60. The van der Waals surface area contributed by atoms with Crippen molar-refractivity contribution >= 4 is 58.3 Å². The second-order valence-electron chi connectivity index (χ2n) is 16.1. The highest BCUT2D eigenvalue weighted by atomic mass is 35.5. The van der Waals surface area contributed by atoms with Gasteiger partial charge in [0.1, 0.15) is 40.5 Å². The fourth-order valence-electron chi connectivity index (χ4n) is 8.97. The van der Waals surface area contributed by atoms with Crippen molar-refractivity contribution in [3.05, 3.63) is 94.7 Å². The van der Waals surface area contributed by atoms with E-state index < -0.39 is 23.7 Å². The lowest BCUT2D eigenvalue weighted by Gasteiger charge is -2.54. The molecule has 1 unspecified atom stereocenters. The molecule has 0 bridgehead atoms. The van der Waals surface area contributed by atoms with E-state index in [1.807, 2.05) is 10.5 Å². The number of pyridine rings is 1. The largest absolute Gasteiger partial charge is 0.494 e. The van der Waals surface area contributed by atoms with Crippen LogP contribution in [0.5, 0.6) is 5.75 Å². The van der Waals surface area contributed by atoms with E-state index in [9.17, 15) is 19.2 Å². The number of unbranched alkanes of at least 4 members (excludes halogenated alkanes) is 2. The minimum absolute atomic E-state index is 0.118. The van der Waals surface area contributed by atoms with Gasteiger partial charge in [-0.25, -0.2) is 19.3 Å². The Hall–Kier alpha value is -6.13. The number of hydrogen-bond acceptors (Lipinski definition) is 11. The number of amides is 4. The van der Waals surface area contributed by atoms with Crippen LogP contribution in [0.15, 0.2) is 67.1 Å². The molecule has 3 saturated heterocycles. The summed E-state index contributed by atoms with van der Waals surface area (Å²) in [6.07, 6.45) is 10.5. The molecule has 3 fully saturated rings. The Bertz CT molecular complexity index is 2520. The first kappa shape index (κ1) is 39.3. The molecule has 0 saturated carbocycles.